The molecule has 0 aliphatic rings. The number of anilines is 1. The molecule has 1 amide bonds. The molecule has 0 spiro atoms. The molecule has 5 heteroatoms. The van der Waals surface area contributed by atoms with Gasteiger partial charge >= 0.3 is 0 Å². The molecule has 0 unspecified atom stereocenters. The number of hydrogen-bond acceptors (Lipinski definition) is 2. The minimum Gasteiger partial charge on any atom is -0.309 e. The normalized spacial score (nSPS) is 12.2. The number of nitrogens with one attached hydrogen (secondary N) is 1. The lowest BCUT2D eigenvalue weighted by molar-refractivity contribution is -0.115. The molecule has 1 aromatic heterocycles. The van der Waals surface area contributed by atoms with E-state index in [1.807, 2.05) is 0 Å². The van der Waals surface area contributed by atoms with E-state index in [0.717, 1.165) is 0 Å². The highest BCUT2D eigenvalue weighted by molar-refractivity contribution is 6.32. The van der Waals surface area contributed by atoms with Crippen LogP contribution in [-0.4, -0.2) is 16.3 Å². The number of carbonyl (C=O) groups is 1. The Balaban J connectivity index is 2.65. The van der Waals surface area contributed by atoms with Gasteiger partial charge in [-0.05, 0) is 19.1 Å². The summed E-state index contributed by atoms with van der Waals surface area (Å²) in [7, 11) is 0. The molecule has 0 saturated carbocycles. The monoisotopic (exact) mass is 218 g/mol. The van der Waals surface area contributed by atoms with Gasteiger partial charge in [0.15, 0.2) is 0 Å². The van der Waals surface area contributed by atoms with Gasteiger partial charge < -0.3 is 5.32 Å². The first-order chi connectivity index (χ1) is 6.09. The van der Waals surface area contributed by atoms with Crippen molar-refractivity contribution in [3.63, 3.8) is 0 Å². The molecule has 70 valence electrons. The largest absolute Gasteiger partial charge is 0.309 e. The van der Waals surface area contributed by atoms with Crippen LogP contribution < -0.4 is 5.32 Å². The molecule has 0 aromatic carbocycles. The summed E-state index contributed by atoms with van der Waals surface area (Å²) in [5, 5.41) is 2.48. The maximum Gasteiger partial charge on any atom is 0.243 e. The van der Waals surface area contributed by atoms with Crippen LogP contribution in [0.4, 0.5) is 5.82 Å². The second kappa shape index (κ2) is 4.44. The third kappa shape index (κ3) is 3.20. The van der Waals surface area contributed by atoms with Crippen LogP contribution in [0.1, 0.15) is 6.92 Å². The summed E-state index contributed by atoms with van der Waals surface area (Å²) in [6.45, 7) is 1.59. The Morgan fingerprint density at radius 1 is 1.62 bits per heavy atom. The van der Waals surface area contributed by atoms with E-state index in [0.29, 0.717) is 10.8 Å². The van der Waals surface area contributed by atoms with Crippen LogP contribution >= 0.6 is 23.2 Å². The summed E-state index contributed by atoms with van der Waals surface area (Å²) >= 11 is 11.2. The van der Waals surface area contributed by atoms with Gasteiger partial charge in [-0.1, -0.05) is 11.6 Å². The van der Waals surface area contributed by atoms with Gasteiger partial charge in [-0.15, -0.1) is 11.6 Å². The van der Waals surface area contributed by atoms with Gasteiger partial charge in [0.2, 0.25) is 5.91 Å². The van der Waals surface area contributed by atoms with Gasteiger partial charge in [0.1, 0.15) is 11.2 Å². The molecular formula is C8H8Cl2N2O. The van der Waals surface area contributed by atoms with Crippen LogP contribution in [0.5, 0.6) is 0 Å². The fourth-order valence-corrected chi connectivity index (χ4v) is 0.842. The maximum absolute atomic E-state index is 11.1. The van der Waals surface area contributed by atoms with Crippen molar-refractivity contribution in [2.45, 2.75) is 12.3 Å². The Morgan fingerprint density at radius 3 is 2.77 bits per heavy atom. The number of halogens is 2. The minimum atomic E-state index is -0.572. The van der Waals surface area contributed by atoms with Crippen LogP contribution in [0, 0.1) is 0 Å². The van der Waals surface area contributed by atoms with Crippen molar-refractivity contribution in [1.82, 2.24) is 4.98 Å². The lowest BCUT2D eigenvalue weighted by Crippen LogP contribution is -2.20. The highest BCUT2D eigenvalue weighted by atomic mass is 35.5. The maximum atomic E-state index is 11.1. The molecule has 0 aliphatic heterocycles. The quantitative estimate of drug-likeness (QED) is 0.775. The third-order valence-electron chi connectivity index (χ3n) is 1.34. The highest BCUT2D eigenvalue weighted by Gasteiger charge is 2.08. The molecule has 1 heterocycles. The van der Waals surface area contributed by atoms with Gasteiger partial charge in [0.25, 0.3) is 0 Å². The highest BCUT2D eigenvalue weighted by Crippen LogP contribution is 2.10. The summed E-state index contributed by atoms with van der Waals surface area (Å²) in [4.78, 5) is 15.0. The Hall–Kier alpha value is -0.800. The lowest BCUT2D eigenvalue weighted by Gasteiger charge is -2.04. The zero-order valence-corrected chi connectivity index (χ0v) is 8.43. The Kier molecular flexibility index (Phi) is 3.51. The van der Waals surface area contributed by atoms with Gasteiger partial charge in [-0.3, -0.25) is 4.79 Å². The number of hydrogen-bond donors (Lipinski definition) is 1. The van der Waals surface area contributed by atoms with Crippen molar-refractivity contribution < 1.29 is 4.79 Å². The smallest absolute Gasteiger partial charge is 0.243 e. The van der Waals surface area contributed by atoms with Crippen molar-refractivity contribution in [1.29, 1.82) is 0 Å². The number of aromatic nitrogens is 1. The number of rotatable bonds is 2. The second-order valence-corrected chi connectivity index (χ2v) is 3.56. The van der Waals surface area contributed by atoms with E-state index in [9.17, 15) is 4.79 Å². The predicted molar refractivity (Wildman–Crippen MR) is 53.2 cm³/mol. The number of pyridine rings is 1. The standard InChI is InChI=1S/C8H8Cl2N2O/c1-5(9)8(13)12-7-3-2-6(10)4-11-7/h2-5H,1H3,(H,11,12,13)/t5-/m1/s1. The molecule has 3 nitrogen and oxygen atoms in total. The zero-order valence-electron chi connectivity index (χ0n) is 6.92. The number of carbonyl (C=O) groups excluding carboxylic acids is 1. The topological polar surface area (TPSA) is 42.0 Å². The molecule has 1 atom stereocenters. The van der Waals surface area contributed by atoms with Crippen molar-refractivity contribution >= 4 is 34.9 Å². The SMILES string of the molecule is C[C@@H](Cl)C(=O)Nc1ccc(Cl)cn1. The molecule has 0 fully saturated rings. The molecular weight excluding hydrogens is 211 g/mol. The van der Waals surface area contributed by atoms with Gasteiger partial charge in [-0.25, -0.2) is 4.98 Å². The number of alkyl halides is 1. The Morgan fingerprint density at radius 2 is 2.31 bits per heavy atom. The van der Waals surface area contributed by atoms with Gasteiger partial charge in [-0.2, -0.15) is 0 Å². The van der Waals surface area contributed by atoms with Crippen LogP contribution in [0.2, 0.25) is 5.02 Å². The van der Waals surface area contributed by atoms with Crippen molar-refractivity contribution in [2.75, 3.05) is 5.32 Å². The average Bonchev–Trinajstić information content (AvgIpc) is 2.08. The fourth-order valence-electron chi connectivity index (χ4n) is 0.675. The Bertz CT molecular complexity index is 298. The summed E-state index contributed by atoms with van der Waals surface area (Å²) in [5.41, 5.74) is 0. The number of amides is 1. The van der Waals surface area contributed by atoms with Crippen molar-refractivity contribution in [3.05, 3.63) is 23.4 Å². The molecule has 0 saturated heterocycles. The molecule has 0 bridgehead atoms. The van der Waals surface area contributed by atoms with E-state index < -0.39 is 5.38 Å². The molecule has 13 heavy (non-hydrogen) atoms. The van der Waals surface area contributed by atoms with E-state index in [2.05, 4.69) is 10.3 Å². The van der Waals surface area contributed by atoms with Crippen LogP contribution in [0.15, 0.2) is 18.3 Å². The summed E-state index contributed by atoms with van der Waals surface area (Å²) in [6.07, 6.45) is 1.45. The van der Waals surface area contributed by atoms with Crippen molar-refractivity contribution in [2.24, 2.45) is 0 Å². The summed E-state index contributed by atoms with van der Waals surface area (Å²) in [6, 6.07) is 3.25. The van der Waals surface area contributed by atoms with E-state index in [4.69, 9.17) is 23.2 Å². The first kappa shape index (κ1) is 10.3. The molecule has 1 rings (SSSR count). The Labute approximate surface area is 86.1 Å². The fraction of sp³-hybridized carbons (Fsp3) is 0.250. The third-order valence-corrected chi connectivity index (χ3v) is 1.76. The molecule has 0 aliphatic carbocycles. The van der Waals surface area contributed by atoms with Crippen LogP contribution in [0.3, 0.4) is 0 Å². The van der Waals surface area contributed by atoms with Crippen LogP contribution in [-0.2, 0) is 4.79 Å². The van der Waals surface area contributed by atoms with E-state index in [-0.39, 0.29) is 5.91 Å². The summed E-state index contributed by atoms with van der Waals surface area (Å²) < 4.78 is 0. The number of nitrogens with zero attached hydrogens (tertiary/aromatic N) is 1. The molecule has 1 aromatic rings. The van der Waals surface area contributed by atoms with Gasteiger partial charge in [0.05, 0.1) is 5.02 Å². The van der Waals surface area contributed by atoms with Gasteiger partial charge in [0, 0.05) is 6.20 Å². The minimum absolute atomic E-state index is 0.281. The first-order valence-corrected chi connectivity index (χ1v) is 4.47. The molecule has 1 N–H and O–H groups in total. The lowest BCUT2D eigenvalue weighted by atomic mass is 10.4. The average molecular weight is 219 g/mol. The predicted octanol–water partition coefficient (Wildman–Crippen LogP) is 2.30. The second-order valence-electron chi connectivity index (χ2n) is 2.47. The van der Waals surface area contributed by atoms with Crippen molar-refractivity contribution in [3.8, 4) is 0 Å². The first-order valence-electron chi connectivity index (χ1n) is 3.66. The zero-order chi connectivity index (χ0) is 9.84. The summed E-state index contributed by atoms with van der Waals surface area (Å²) in [5.74, 6) is 0.165. The van der Waals surface area contributed by atoms with E-state index >= 15 is 0 Å². The molecule has 0 radical (unpaired) electrons. The van der Waals surface area contributed by atoms with E-state index in [1.165, 1.54) is 6.20 Å². The van der Waals surface area contributed by atoms with E-state index in [1.54, 1.807) is 19.1 Å². The van der Waals surface area contributed by atoms with Crippen LogP contribution in [0.25, 0.3) is 0 Å².